The van der Waals surface area contributed by atoms with Crippen LogP contribution in [0.4, 0.5) is 0 Å². The largest absolute Gasteiger partial charge is 0.455 e. The zero-order valence-corrected chi connectivity index (χ0v) is 22.7. The maximum absolute atomic E-state index is 6.74. The van der Waals surface area contributed by atoms with E-state index in [4.69, 9.17) is 14.4 Å². The van der Waals surface area contributed by atoms with Crippen LogP contribution in [0.3, 0.4) is 0 Å². The molecule has 0 radical (unpaired) electrons. The Labute approximate surface area is 242 Å². The lowest BCUT2D eigenvalue weighted by molar-refractivity contribution is 0.673. The number of rotatable bonds is 0. The van der Waals surface area contributed by atoms with Crippen LogP contribution in [-0.4, -0.2) is 18.8 Å². The Hall–Kier alpha value is -5.94. The number of aromatic nitrogens is 4. The summed E-state index contributed by atoms with van der Waals surface area (Å²) in [4.78, 5) is 10.8. The van der Waals surface area contributed by atoms with Crippen molar-refractivity contribution < 1.29 is 4.42 Å². The molecule has 11 rings (SSSR count). The van der Waals surface area contributed by atoms with Crippen molar-refractivity contribution in [3.8, 4) is 0 Å². The SMILES string of the molecule is c1ccc2nc3c(nc2c1)c1c2oc4ccccc4c2ccc1n1c2ccccc2c2ccc4c5ccccc5n3c4c21. The van der Waals surface area contributed by atoms with Gasteiger partial charge in [-0.05, 0) is 42.5 Å². The monoisotopic (exact) mass is 548 g/mol. The first-order valence-corrected chi connectivity index (χ1v) is 14.5. The van der Waals surface area contributed by atoms with Gasteiger partial charge < -0.3 is 8.82 Å². The second-order valence-corrected chi connectivity index (χ2v) is 11.4. The van der Waals surface area contributed by atoms with Crippen molar-refractivity contribution >= 4 is 98.7 Å². The molecule has 0 saturated carbocycles. The molecule has 6 aromatic carbocycles. The molecule has 11 aromatic rings. The van der Waals surface area contributed by atoms with Gasteiger partial charge in [-0.2, -0.15) is 0 Å². The molecule has 0 saturated heterocycles. The van der Waals surface area contributed by atoms with Crippen molar-refractivity contribution in [3.63, 3.8) is 0 Å². The Morgan fingerprint density at radius 1 is 0.442 bits per heavy atom. The molecule has 0 aliphatic carbocycles. The maximum atomic E-state index is 6.74. The first-order chi connectivity index (χ1) is 21.3. The van der Waals surface area contributed by atoms with Crippen molar-refractivity contribution in [3.05, 3.63) is 121 Å². The third-order valence-electron chi connectivity index (χ3n) is 9.24. The van der Waals surface area contributed by atoms with E-state index in [-0.39, 0.29) is 0 Å². The summed E-state index contributed by atoms with van der Waals surface area (Å²) in [6, 6.07) is 42.7. The van der Waals surface area contributed by atoms with Crippen molar-refractivity contribution in [2.75, 3.05) is 0 Å². The van der Waals surface area contributed by atoms with Gasteiger partial charge in [0, 0.05) is 32.3 Å². The second kappa shape index (κ2) is 7.46. The molecule has 0 N–H and O–H groups in total. The highest BCUT2D eigenvalue weighted by molar-refractivity contribution is 6.27. The van der Waals surface area contributed by atoms with E-state index in [2.05, 4.69) is 93.7 Å². The molecule has 5 aromatic heterocycles. The van der Waals surface area contributed by atoms with Crippen molar-refractivity contribution in [1.82, 2.24) is 18.8 Å². The highest BCUT2D eigenvalue weighted by atomic mass is 16.3. The summed E-state index contributed by atoms with van der Waals surface area (Å²) in [7, 11) is 0. The summed E-state index contributed by atoms with van der Waals surface area (Å²) in [5.74, 6) is 0. The zero-order valence-electron chi connectivity index (χ0n) is 22.7. The van der Waals surface area contributed by atoms with Gasteiger partial charge in [-0.1, -0.05) is 78.9 Å². The van der Waals surface area contributed by atoms with E-state index in [1.807, 2.05) is 36.4 Å². The van der Waals surface area contributed by atoms with Gasteiger partial charge in [0.25, 0.3) is 0 Å². The quantitative estimate of drug-likeness (QED) is 0.189. The van der Waals surface area contributed by atoms with Crippen LogP contribution in [0, 0.1) is 0 Å². The van der Waals surface area contributed by atoms with Gasteiger partial charge in [-0.25, -0.2) is 9.97 Å². The fourth-order valence-corrected chi connectivity index (χ4v) is 7.48. The molecule has 198 valence electrons. The van der Waals surface area contributed by atoms with Gasteiger partial charge in [0.15, 0.2) is 5.65 Å². The first kappa shape index (κ1) is 21.8. The Morgan fingerprint density at radius 2 is 1.02 bits per heavy atom. The average Bonchev–Trinajstić information content (AvgIpc) is 3.71. The summed E-state index contributed by atoms with van der Waals surface area (Å²) < 4.78 is 11.5. The maximum Gasteiger partial charge on any atom is 0.165 e. The predicted octanol–water partition coefficient (Wildman–Crippen LogP) is 9.80. The minimum Gasteiger partial charge on any atom is -0.455 e. The number of hydrogen-bond acceptors (Lipinski definition) is 3. The van der Waals surface area contributed by atoms with Crippen LogP contribution in [0.1, 0.15) is 0 Å². The number of furan rings is 1. The summed E-state index contributed by atoms with van der Waals surface area (Å²) in [5.41, 5.74) is 10.6. The van der Waals surface area contributed by atoms with Crippen molar-refractivity contribution in [2.24, 2.45) is 0 Å². The predicted molar refractivity (Wildman–Crippen MR) is 176 cm³/mol. The first-order valence-electron chi connectivity index (χ1n) is 14.5. The van der Waals surface area contributed by atoms with Gasteiger partial charge in [-0.15, -0.1) is 0 Å². The lowest BCUT2D eigenvalue weighted by Gasteiger charge is -2.11. The molecule has 0 aliphatic rings. The highest BCUT2D eigenvalue weighted by Crippen LogP contribution is 2.43. The molecule has 0 aliphatic heterocycles. The third-order valence-corrected chi connectivity index (χ3v) is 9.24. The Kier molecular flexibility index (Phi) is 3.78. The van der Waals surface area contributed by atoms with E-state index in [1.54, 1.807) is 0 Å². The van der Waals surface area contributed by atoms with Gasteiger partial charge >= 0.3 is 0 Å². The summed E-state index contributed by atoms with van der Waals surface area (Å²) in [6.07, 6.45) is 0. The summed E-state index contributed by atoms with van der Waals surface area (Å²) in [5, 5.41) is 7.92. The molecule has 43 heavy (non-hydrogen) atoms. The third kappa shape index (κ3) is 2.55. The van der Waals surface area contributed by atoms with Gasteiger partial charge in [0.1, 0.15) is 16.7 Å². The molecular weight excluding hydrogens is 528 g/mol. The van der Waals surface area contributed by atoms with Gasteiger partial charge in [-0.3, -0.25) is 4.40 Å². The van der Waals surface area contributed by atoms with E-state index in [1.165, 1.54) is 21.5 Å². The van der Waals surface area contributed by atoms with Gasteiger partial charge in [0.05, 0.1) is 44.0 Å². The molecule has 0 atom stereocenters. The van der Waals surface area contributed by atoms with E-state index in [0.29, 0.717) is 0 Å². The van der Waals surface area contributed by atoms with Crippen LogP contribution in [0.2, 0.25) is 0 Å². The zero-order chi connectivity index (χ0) is 27.8. The lowest BCUT2D eigenvalue weighted by Crippen LogP contribution is -1.98. The second-order valence-electron chi connectivity index (χ2n) is 11.4. The van der Waals surface area contributed by atoms with Crippen LogP contribution in [0.25, 0.3) is 98.7 Å². The number of benzene rings is 6. The van der Waals surface area contributed by atoms with Crippen LogP contribution in [0.5, 0.6) is 0 Å². The average molecular weight is 549 g/mol. The van der Waals surface area contributed by atoms with Gasteiger partial charge in [0.2, 0.25) is 0 Å². The number of fused-ring (bicyclic) bond motifs is 16. The van der Waals surface area contributed by atoms with Crippen molar-refractivity contribution in [2.45, 2.75) is 0 Å². The van der Waals surface area contributed by atoms with E-state index >= 15 is 0 Å². The molecule has 0 fully saturated rings. The molecule has 0 unspecified atom stereocenters. The Balaban J connectivity index is 1.62. The molecular formula is C38H20N4O. The Morgan fingerprint density at radius 3 is 1.79 bits per heavy atom. The van der Waals surface area contributed by atoms with Crippen LogP contribution in [0.15, 0.2) is 126 Å². The Bertz CT molecular complexity index is 3010. The molecule has 0 bridgehead atoms. The minimum atomic E-state index is 0.807. The number of para-hydroxylation sites is 5. The molecule has 5 nitrogen and oxygen atoms in total. The van der Waals surface area contributed by atoms with E-state index in [9.17, 15) is 0 Å². The molecule has 5 heteroatoms. The lowest BCUT2D eigenvalue weighted by atomic mass is 10.1. The normalized spacial score (nSPS) is 12.7. The molecule has 0 spiro atoms. The van der Waals surface area contributed by atoms with Crippen LogP contribution in [-0.2, 0) is 0 Å². The fraction of sp³-hybridized carbons (Fsp3) is 0. The summed E-state index contributed by atoms with van der Waals surface area (Å²) in [6.45, 7) is 0. The number of hydrogen-bond donors (Lipinski definition) is 0. The van der Waals surface area contributed by atoms with E-state index < -0.39 is 0 Å². The standard InChI is InChI=1S/C38H20N4O/c1-6-14-29-21(9-1)24-17-18-25-22-10-2-7-15-30(22)42-36(25)35(24)41(29)31-20-19-26-23-11-3-8-16-32(23)43-37(26)33(31)34-38(42)40-28-13-5-4-12-27(28)39-34/h1-20H. The van der Waals surface area contributed by atoms with Crippen LogP contribution < -0.4 is 0 Å². The topological polar surface area (TPSA) is 47.7 Å². The smallest absolute Gasteiger partial charge is 0.165 e. The summed E-state index contributed by atoms with van der Waals surface area (Å²) >= 11 is 0. The van der Waals surface area contributed by atoms with E-state index in [0.717, 1.165) is 77.1 Å². The van der Waals surface area contributed by atoms with Crippen LogP contribution >= 0.6 is 0 Å². The number of nitrogens with zero attached hydrogens (tertiary/aromatic N) is 4. The van der Waals surface area contributed by atoms with Crippen molar-refractivity contribution in [1.29, 1.82) is 0 Å². The fourth-order valence-electron chi connectivity index (χ4n) is 7.48. The molecule has 0 amide bonds. The highest BCUT2D eigenvalue weighted by Gasteiger charge is 2.23. The minimum absolute atomic E-state index is 0.807. The molecule has 5 heterocycles.